The molecule has 0 saturated carbocycles. The van der Waals surface area contributed by atoms with Gasteiger partial charge in [0.05, 0.1) is 18.2 Å². The third-order valence-electron chi connectivity index (χ3n) is 4.44. The molecule has 2 aromatic carbocycles. The van der Waals surface area contributed by atoms with Crippen molar-refractivity contribution in [2.75, 3.05) is 13.7 Å². The molecular weight excluding hydrogens is 408 g/mol. The lowest BCUT2D eigenvalue weighted by Gasteiger charge is -2.23. The second-order valence-corrected chi connectivity index (χ2v) is 6.65. The van der Waals surface area contributed by atoms with Gasteiger partial charge in [-0.1, -0.05) is 0 Å². The Morgan fingerprint density at radius 2 is 1.90 bits per heavy atom. The third kappa shape index (κ3) is 5.19. The first kappa shape index (κ1) is 21.4. The number of ether oxygens (including phenoxy) is 2. The maximum absolute atomic E-state index is 13.7. The summed E-state index contributed by atoms with van der Waals surface area (Å²) < 4.78 is 63.6. The van der Waals surface area contributed by atoms with Gasteiger partial charge in [0.25, 0.3) is 5.91 Å². The highest BCUT2D eigenvalue weighted by molar-refractivity contribution is 5.97. The summed E-state index contributed by atoms with van der Waals surface area (Å²) >= 11 is 0. The summed E-state index contributed by atoms with van der Waals surface area (Å²) in [4.78, 5) is 24.2. The fourth-order valence-electron chi connectivity index (χ4n) is 2.98. The number of benzene rings is 2. The first-order valence-electron chi connectivity index (χ1n) is 8.97. The highest BCUT2D eigenvalue weighted by atomic mass is 19.4. The van der Waals surface area contributed by atoms with Crippen molar-refractivity contribution >= 4 is 11.8 Å². The molecule has 2 aromatic rings. The molecule has 0 radical (unpaired) electrons. The van der Waals surface area contributed by atoms with Crippen molar-refractivity contribution in [3.8, 4) is 17.2 Å². The lowest BCUT2D eigenvalue weighted by Crippen LogP contribution is -2.45. The number of methoxy groups -OCH3 is 1. The fraction of sp³-hybridized carbons (Fsp3) is 0.300. The second-order valence-electron chi connectivity index (χ2n) is 6.65. The molecule has 0 aromatic heterocycles. The Balaban J connectivity index is 1.93. The lowest BCUT2D eigenvalue weighted by atomic mass is 10.0. The molecule has 1 aliphatic rings. The van der Waals surface area contributed by atoms with Crippen LogP contribution in [-0.2, 0) is 11.0 Å². The second kappa shape index (κ2) is 8.60. The van der Waals surface area contributed by atoms with Crippen molar-refractivity contribution in [2.24, 2.45) is 0 Å². The summed E-state index contributed by atoms with van der Waals surface area (Å²) in [7, 11) is 1.32. The van der Waals surface area contributed by atoms with E-state index in [1.165, 1.54) is 13.2 Å². The molecular formula is C20H18F4N2O4. The van der Waals surface area contributed by atoms with Crippen LogP contribution in [0.5, 0.6) is 17.2 Å². The number of halogens is 4. The van der Waals surface area contributed by atoms with Gasteiger partial charge in [0.15, 0.2) is 0 Å². The molecule has 6 nitrogen and oxygen atoms in total. The first-order chi connectivity index (χ1) is 14.2. The van der Waals surface area contributed by atoms with Crippen molar-refractivity contribution in [1.82, 2.24) is 10.6 Å². The molecule has 2 amide bonds. The van der Waals surface area contributed by atoms with E-state index in [2.05, 4.69) is 10.6 Å². The number of alkyl halides is 3. The number of carbonyl (C=O) groups excluding carboxylic acids is 2. The quantitative estimate of drug-likeness (QED) is 0.716. The van der Waals surface area contributed by atoms with Crippen LogP contribution in [0, 0.1) is 5.82 Å². The largest absolute Gasteiger partial charge is 0.497 e. The molecule has 0 spiro atoms. The summed E-state index contributed by atoms with van der Waals surface area (Å²) in [6, 6.07) is 5.31. The van der Waals surface area contributed by atoms with Crippen LogP contribution >= 0.6 is 0 Å². The van der Waals surface area contributed by atoms with Crippen molar-refractivity contribution in [2.45, 2.75) is 25.1 Å². The number of carbonyl (C=O) groups is 2. The zero-order valence-electron chi connectivity index (χ0n) is 15.8. The van der Waals surface area contributed by atoms with Gasteiger partial charge in [0.1, 0.15) is 23.1 Å². The van der Waals surface area contributed by atoms with Crippen LogP contribution in [0.25, 0.3) is 0 Å². The first-order valence-corrected chi connectivity index (χ1v) is 8.97. The van der Waals surface area contributed by atoms with Crippen molar-refractivity contribution in [3.63, 3.8) is 0 Å². The molecule has 3 rings (SSSR count). The third-order valence-corrected chi connectivity index (χ3v) is 4.44. The minimum atomic E-state index is -4.68. The summed E-state index contributed by atoms with van der Waals surface area (Å²) in [5, 5.41) is 5.16. The number of nitrogens with one attached hydrogen (secondary N) is 2. The maximum atomic E-state index is 13.7. The summed E-state index contributed by atoms with van der Waals surface area (Å²) in [6.07, 6.45) is -4.23. The van der Waals surface area contributed by atoms with E-state index in [9.17, 15) is 27.2 Å². The van der Waals surface area contributed by atoms with E-state index in [-0.39, 0.29) is 35.1 Å². The zero-order valence-corrected chi connectivity index (χ0v) is 15.8. The minimum absolute atomic E-state index is 0.0159. The van der Waals surface area contributed by atoms with E-state index in [4.69, 9.17) is 9.47 Å². The van der Waals surface area contributed by atoms with Gasteiger partial charge in [-0.05, 0) is 24.6 Å². The van der Waals surface area contributed by atoms with Crippen LogP contribution in [0.3, 0.4) is 0 Å². The predicted octanol–water partition coefficient (Wildman–Crippen LogP) is 3.65. The molecule has 1 saturated heterocycles. The average molecular weight is 426 g/mol. The standard InChI is InChI=1S/C20H18F4N2O4/c1-29-14-7-12(21)8-15(10-14)30-17-3-2-11(20(22,23)24)6-16(17)19(28)26-13-4-5-25-18(27)9-13/h2-3,6-8,10,13H,4-5,9H2,1H3,(H,25,27)(H,26,28). The Morgan fingerprint density at radius 3 is 2.57 bits per heavy atom. The normalized spacial score (nSPS) is 16.6. The molecule has 10 heteroatoms. The highest BCUT2D eigenvalue weighted by Gasteiger charge is 2.32. The zero-order chi connectivity index (χ0) is 21.9. The van der Waals surface area contributed by atoms with Gasteiger partial charge >= 0.3 is 6.18 Å². The molecule has 30 heavy (non-hydrogen) atoms. The van der Waals surface area contributed by atoms with Gasteiger partial charge in [0.2, 0.25) is 5.91 Å². The molecule has 1 unspecified atom stereocenters. The Morgan fingerprint density at radius 1 is 1.17 bits per heavy atom. The van der Waals surface area contributed by atoms with Crippen molar-refractivity contribution in [1.29, 1.82) is 0 Å². The van der Waals surface area contributed by atoms with E-state index < -0.39 is 29.5 Å². The Bertz CT molecular complexity index is 962. The molecule has 1 heterocycles. The predicted molar refractivity (Wildman–Crippen MR) is 98.0 cm³/mol. The Labute approximate surface area is 169 Å². The number of rotatable bonds is 5. The number of hydrogen-bond acceptors (Lipinski definition) is 4. The number of piperidine rings is 1. The highest BCUT2D eigenvalue weighted by Crippen LogP contribution is 2.35. The summed E-state index contributed by atoms with van der Waals surface area (Å²) in [5.41, 5.74) is -1.43. The lowest BCUT2D eigenvalue weighted by molar-refractivity contribution is -0.137. The molecule has 160 valence electrons. The van der Waals surface area contributed by atoms with Crippen LogP contribution < -0.4 is 20.1 Å². The van der Waals surface area contributed by atoms with E-state index in [0.717, 1.165) is 24.3 Å². The number of amides is 2. The molecule has 1 aliphatic heterocycles. The maximum Gasteiger partial charge on any atom is 0.416 e. The monoisotopic (exact) mass is 426 g/mol. The SMILES string of the molecule is COc1cc(F)cc(Oc2ccc(C(F)(F)F)cc2C(=O)NC2CCNC(=O)C2)c1. The summed E-state index contributed by atoms with van der Waals surface area (Å²) in [6.45, 7) is 0.346. The van der Waals surface area contributed by atoms with Crippen molar-refractivity contribution < 1.29 is 36.6 Å². The summed E-state index contributed by atoms with van der Waals surface area (Å²) in [5.74, 6) is -1.91. The molecule has 0 bridgehead atoms. The molecule has 1 atom stereocenters. The molecule has 2 N–H and O–H groups in total. The van der Waals surface area contributed by atoms with Gasteiger partial charge in [-0.3, -0.25) is 9.59 Å². The van der Waals surface area contributed by atoms with E-state index >= 15 is 0 Å². The van der Waals surface area contributed by atoms with E-state index in [0.29, 0.717) is 19.0 Å². The molecule has 0 aliphatic carbocycles. The number of hydrogen-bond donors (Lipinski definition) is 2. The van der Waals surface area contributed by atoms with Crippen LogP contribution in [0.1, 0.15) is 28.8 Å². The topological polar surface area (TPSA) is 76.7 Å². The van der Waals surface area contributed by atoms with Gasteiger partial charge < -0.3 is 20.1 Å². The molecule has 1 fully saturated rings. The smallest absolute Gasteiger partial charge is 0.416 e. The van der Waals surface area contributed by atoms with Crippen LogP contribution in [-0.4, -0.2) is 31.5 Å². The average Bonchev–Trinajstić information content (AvgIpc) is 2.67. The van der Waals surface area contributed by atoms with Crippen LogP contribution in [0.4, 0.5) is 17.6 Å². The fourth-order valence-corrected chi connectivity index (χ4v) is 2.98. The van der Waals surface area contributed by atoms with E-state index in [1.54, 1.807) is 0 Å². The Hall–Kier alpha value is -3.30. The van der Waals surface area contributed by atoms with Gasteiger partial charge in [-0.25, -0.2) is 4.39 Å². The van der Waals surface area contributed by atoms with E-state index in [1.807, 2.05) is 0 Å². The van der Waals surface area contributed by atoms with Crippen LogP contribution in [0.15, 0.2) is 36.4 Å². The van der Waals surface area contributed by atoms with Crippen LogP contribution in [0.2, 0.25) is 0 Å². The van der Waals surface area contributed by atoms with Gasteiger partial charge in [-0.15, -0.1) is 0 Å². The minimum Gasteiger partial charge on any atom is -0.497 e. The van der Waals surface area contributed by atoms with Crippen molar-refractivity contribution in [3.05, 3.63) is 53.3 Å². The van der Waals surface area contributed by atoms with Gasteiger partial charge in [-0.2, -0.15) is 13.2 Å². The van der Waals surface area contributed by atoms with Gasteiger partial charge in [0, 0.05) is 37.2 Å². The Kier molecular flexibility index (Phi) is 6.14.